The second kappa shape index (κ2) is 13.5. The lowest BCUT2D eigenvalue weighted by Gasteiger charge is -1.95. The van der Waals surface area contributed by atoms with Crippen LogP contribution in [0.15, 0.2) is 29.2 Å². The summed E-state index contributed by atoms with van der Waals surface area (Å²) in [6.45, 7) is 4.87. The van der Waals surface area contributed by atoms with Gasteiger partial charge in [-0.15, -0.1) is 0 Å². The molecule has 0 radical (unpaired) electrons. The number of aryl methyl sites for hydroxylation is 1. The van der Waals surface area contributed by atoms with E-state index in [0.717, 1.165) is 12.1 Å². The van der Waals surface area contributed by atoms with Crippen molar-refractivity contribution in [3.8, 4) is 0 Å². The van der Waals surface area contributed by atoms with Gasteiger partial charge in [0.2, 0.25) is 6.41 Å². The van der Waals surface area contributed by atoms with E-state index in [2.05, 4.69) is 6.92 Å². The smallest absolute Gasteiger partial charge is 0.294 e. The van der Waals surface area contributed by atoms with E-state index in [0.29, 0.717) is 0 Å². The molecule has 1 aromatic carbocycles. The summed E-state index contributed by atoms with van der Waals surface area (Å²) in [6.07, 6.45) is 3.93. The first-order valence-electron chi connectivity index (χ1n) is 6.40. The third-order valence-corrected chi connectivity index (χ3v) is 3.05. The molecule has 1 amide bonds. The van der Waals surface area contributed by atoms with Crippen LogP contribution in [0.2, 0.25) is 0 Å². The van der Waals surface area contributed by atoms with Crippen molar-refractivity contribution in [2.75, 3.05) is 6.54 Å². The largest absolute Gasteiger partial charge is 0.330 e. The predicted octanol–water partition coefficient (Wildman–Crippen LogP) is 1.50. The second-order valence-corrected chi connectivity index (χ2v) is 5.45. The van der Waals surface area contributed by atoms with Crippen LogP contribution in [0.5, 0.6) is 0 Å². The minimum Gasteiger partial charge on any atom is -0.330 e. The van der Waals surface area contributed by atoms with Gasteiger partial charge in [-0.25, -0.2) is 5.48 Å². The monoisotopic (exact) mass is 320 g/mol. The van der Waals surface area contributed by atoms with E-state index in [1.54, 1.807) is 12.1 Å². The molecule has 0 heterocycles. The Balaban J connectivity index is 0. The van der Waals surface area contributed by atoms with Crippen molar-refractivity contribution in [2.24, 2.45) is 5.73 Å². The highest BCUT2D eigenvalue weighted by atomic mass is 32.2. The first kappa shape index (κ1) is 21.8. The van der Waals surface area contributed by atoms with Crippen LogP contribution in [0.3, 0.4) is 0 Å². The van der Waals surface area contributed by atoms with Crippen LogP contribution >= 0.6 is 0 Å². The zero-order chi connectivity index (χ0) is 16.7. The summed E-state index contributed by atoms with van der Waals surface area (Å²) in [5.41, 5.74) is 7.42. The molecular formula is C13H24N2O5S. The summed E-state index contributed by atoms with van der Waals surface area (Å²) < 4.78 is 29.6. The van der Waals surface area contributed by atoms with E-state index < -0.39 is 10.1 Å². The Morgan fingerprint density at radius 3 is 1.95 bits per heavy atom. The third-order valence-electron chi connectivity index (χ3n) is 2.18. The highest BCUT2D eigenvalue weighted by Gasteiger charge is 2.06. The molecule has 0 aromatic heterocycles. The van der Waals surface area contributed by atoms with Gasteiger partial charge in [-0.05, 0) is 32.0 Å². The summed E-state index contributed by atoms with van der Waals surface area (Å²) in [5, 5.41) is 7.26. The van der Waals surface area contributed by atoms with Crippen molar-refractivity contribution in [1.82, 2.24) is 5.48 Å². The second-order valence-electron chi connectivity index (χ2n) is 4.03. The predicted molar refractivity (Wildman–Crippen MR) is 80.6 cm³/mol. The fourth-order valence-electron chi connectivity index (χ4n) is 1.10. The lowest BCUT2D eigenvalue weighted by molar-refractivity contribution is -0.116. The van der Waals surface area contributed by atoms with Gasteiger partial charge in [0.15, 0.2) is 0 Å². The van der Waals surface area contributed by atoms with E-state index in [9.17, 15) is 8.42 Å². The van der Waals surface area contributed by atoms with Gasteiger partial charge in [-0.2, -0.15) is 8.42 Å². The Morgan fingerprint density at radius 2 is 1.71 bits per heavy atom. The molecule has 1 rings (SSSR count). The van der Waals surface area contributed by atoms with Crippen molar-refractivity contribution < 1.29 is 23.0 Å². The molecule has 0 unspecified atom stereocenters. The standard InChI is InChI=1S/C7H8O3S.C5H13N.CH3NO2/c1-6-2-4-7(5-3-6)11(8,9)10;1-2-3-4-5-6;3-1-2-4/h2-5H,1H3,(H,8,9,10);2-6H2,1H3;1,4H,(H,2,3). The quantitative estimate of drug-likeness (QED) is 0.214. The molecule has 0 aliphatic rings. The van der Waals surface area contributed by atoms with Gasteiger partial charge < -0.3 is 5.73 Å². The zero-order valence-electron chi connectivity index (χ0n) is 12.3. The number of nitrogens with one attached hydrogen (secondary N) is 1. The van der Waals surface area contributed by atoms with Gasteiger partial charge in [0.1, 0.15) is 0 Å². The average Bonchev–Trinajstić information content (AvgIpc) is 2.45. The average molecular weight is 320 g/mol. The minimum absolute atomic E-state index is 0.0666. The maximum absolute atomic E-state index is 10.5. The van der Waals surface area contributed by atoms with E-state index in [1.807, 2.05) is 6.92 Å². The number of carbonyl (C=O) groups is 1. The van der Waals surface area contributed by atoms with Gasteiger partial charge in [-0.1, -0.05) is 37.5 Å². The highest BCUT2D eigenvalue weighted by molar-refractivity contribution is 7.85. The summed E-state index contributed by atoms with van der Waals surface area (Å²) >= 11 is 0. The molecule has 7 nitrogen and oxygen atoms in total. The number of hydrogen-bond acceptors (Lipinski definition) is 5. The lowest BCUT2D eigenvalue weighted by Crippen LogP contribution is -1.99. The van der Waals surface area contributed by atoms with Gasteiger partial charge >= 0.3 is 0 Å². The molecule has 122 valence electrons. The fraction of sp³-hybridized carbons (Fsp3) is 0.462. The molecule has 0 atom stereocenters. The van der Waals surface area contributed by atoms with Crippen LogP contribution in [0.25, 0.3) is 0 Å². The summed E-state index contributed by atoms with van der Waals surface area (Å²) in [6, 6.07) is 5.99. The molecule has 0 fully saturated rings. The van der Waals surface area contributed by atoms with Crippen LogP contribution in [0.1, 0.15) is 31.7 Å². The molecule has 5 N–H and O–H groups in total. The Morgan fingerprint density at radius 1 is 1.24 bits per heavy atom. The SMILES string of the molecule is CCCCCN.Cc1ccc(S(=O)(=O)O)cc1.O=CNO. The molecule has 0 saturated heterocycles. The number of unbranched alkanes of at least 4 members (excludes halogenated alkanes) is 2. The van der Waals surface area contributed by atoms with Crippen LogP contribution in [0, 0.1) is 6.92 Å². The van der Waals surface area contributed by atoms with Crippen LogP contribution in [-0.4, -0.2) is 31.1 Å². The topological polar surface area (TPSA) is 130 Å². The van der Waals surface area contributed by atoms with Gasteiger partial charge in [0.05, 0.1) is 4.90 Å². The van der Waals surface area contributed by atoms with E-state index in [1.165, 1.54) is 36.9 Å². The van der Waals surface area contributed by atoms with E-state index >= 15 is 0 Å². The molecular weight excluding hydrogens is 296 g/mol. The van der Waals surface area contributed by atoms with Gasteiger partial charge in [0, 0.05) is 0 Å². The lowest BCUT2D eigenvalue weighted by atomic mass is 10.2. The van der Waals surface area contributed by atoms with Crippen LogP contribution in [0.4, 0.5) is 0 Å². The number of hydrogen-bond donors (Lipinski definition) is 4. The van der Waals surface area contributed by atoms with Gasteiger partial charge in [0.25, 0.3) is 10.1 Å². The van der Waals surface area contributed by atoms with Crippen molar-refractivity contribution in [3.63, 3.8) is 0 Å². The number of rotatable bonds is 5. The Kier molecular flexibility index (Phi) is 14.0. The highest BCUT2D eigenvalue weighted by Crippen LogP contribution is 2.08. The van der Waals surface area contributed by atoms with Crippen molar-refractivity contribution >= 4 is 16.5 Å². The molecule has 0 aliphatic carbocycles. The maximum atomic E-state index is 10.5. The fourth-order valence-corrected chi connectivity index (χ4v) is 1.58. The number of carbonyl (C=O) groups excluding carboxylic acids is 1. The summed E-state index contributed by atoms with van der Waals surface area (Å²) in [4.78, 5) is 8.75. The molecule has 0 spiro atoms. The Bertz CT molecular complexity index is 456. The van der Waals surface area contributed by atoms with Crippen LogP contribution in [-0.2, 0) is 14.9 Å². The van der Waals surface area contributed by atoms with E-state index in [4.69, 9.17) is 20.3 Å². The zero-order valence-corrected chi connectivity index (χ0v) is 13.1. The van der Waals surface area contributed by atoms with Crippen molar-refractivity contribution in [1.29, 1.82) is 0 Å². The summed E-state index contributed by atoms with van der Waals surface area (Å²) in [5.74, 6) is 0. The normalized spacial score (nSPS) is 9.57. The Hall–Kier alpha value is -1.48. The van der Waals surface area contributed by atoms with E-state index in [-0.39, 0.29) is 11.3 Å². The number of benzene rings is 1. The maximum Gasteiger partial charge on any atom is 0.294 e. The molecule has 0 bridgehead atoms. The van der Waals surface area contributed by atoms with Gasteiger partial charge in [-0.3, -0.25) is 14.6 Å². The van der Waals surface area contributed by atoms with Crippen LogP contribution < -0.4 is 11.2 Å². The molecule has 21 heavy (non-hydrogen) atoms. The molecule has 1 aromatic rings. The van der Waals surface area contributed by atoms with Crippen molar-refractivity contribution in [3.05, 3.63) is 29.8 Å². The number of amides is 1. The molecule has 8 heteroatoms. The first-order valence-corrected chi connectivity index (χ1v) is 7.84. The first-order chi connectivity index (χ1) is 9.83. The number of hydroxylamine groups is 1. The van der Waals surface area contributed by atoms with Crippen molar-refractivity contribution in [2.45, 2.75) is 38.0 Å². The summed E-state index contributed by atoms with van der Waals surface area (Å²) in [7, 11) is -4.02. The third kappa shape index (κ3) is 14.7. The molecule has 0 aliphatic heterocycles. The molecule has 0 saturated carbocycles. The number of nitrogens with two attached hydrogens (primary N) is 1. The Labute approximate surface area is 125 Å². The minimum atomic E-state index is -4.02.